The van der Waals surface area contributed by atoms with Gasteiger partial charge in [-0.3, -0.25) is 4.79 Å². The van der Waals surface area contributed by atoms with E-state index < -0.39 is 6.10 Å². The van der Waals surface area contributed by atoms with E-state index in [-0.39, 0.29) is 11.5 Å². The lowest BCUT2D eigenvalue weighted by Gasteiger charge is -2.43. The van der Waals surface area contributed by atoms with E-state index in [1.807, 2.05) is 39.8 Å². The Labute approximate surface area is 102 Å². The molecular formula is C14H19NO2. The number of aryl methyl sites for hydroxylation is 1. The number of nitrogens with one attached hydrogen (secondary N) is 1. The number of fused-ring (bicyclic) bond motifs is 1. The number of carbonyl (C=O) groups excluding carboxylic acids is 1. The number of aliphatic hydroxyl groups is 1. The third-order valence-corrected chi connectivity index (χ3v) is 3.73. The van der Waals surface area contributed by atoms with Crippen LogP contribution >= 0.6 is 0 Å². The number of rotatable bonds is 1. The first-order chi connectivity index (χ1) is 7.88. The Morgan fingerprint density at radius 3 is 2.65 bits per heavy atom. The molecule has 0 radical (unpaired) electrons. The highest BCUT2D eigenvalue weighted by atomic mass is 16.3. The molecule has 0 saturated carbocycles. The Morgan fingerprint density at radius 1 is 1.41 bits per heavy atom. The van der Waals surface area contributed by atoms with E-state index >= 15 is 0 Å². The number of benzene rings is 1. The van der Waals surface area contributed by atoms with Crippen LogP contribution in [-0.4, -0.2) is 23.0 Å². The van der Waals surface area contributed by atoms with E-state index in [4.69, 9.17) is 0 Å². The summed E-state index contributed by atoms with van der Waals surface area (Å²) in [5.41, 5.74) is 3.33. The lowest BCUT2D eigenvalue weighted by Crippen LogP contribution is -2.50. The predicted molar refractivity (Wildman–Crippen MR) is 68.7 cm³/mol. The molecule has 1 aliphatic rings. The summed E-state index contributed by atoms with van der Waals surface area (Å²) in [5.74, 6) is -0.0404. The van der Waals surface area contributed by atoms with E-state index in [1.165, 1.54) is 0 Å². The highest BCUT2D eigenvalue weighted by Gasteiger charge is 2.39. The normalized spacial score (nSPS) is 25.9. The molecule has 17 heavy (non-hydrogen) atoms. The Kier molecular flexibility index (Phi) is 2.74. The van der Waals surface area contributed by atoms with E-state index in [2.05, 4.69) is 5.32 Å². The summed E-state index contributed by atoms with van der Waals surface area (Å²) in [6, 6.07) is 3.76. The molecule has 0 bridgehead atoms. The van der Waals surface area contributed by atoms with Gasteiger partial charge in [0.25, 0.3) is 0 Å². The maximum Gasteiger partial charge on any atom is 0.150 e. The van der Waals surface area contributed by atoms with Crippen LogP contribution in [0.3, 0.4) is 0 Å². The third-order valence-electron chi connectivity index (χ3n) is 3.73. The molecule has 1 heterocycles. The quantitative estimate of drug-likeness (QED) is 0.733. The van der Waals surface area contributed by atoms with Crippen LogP contribution in [0.1, 0.15) is 48.2 Å². The van der Waals surface area contributed by atoms with Crippen molar-refractivity contribution in [2.45, 2.75) is 45.3 Å². The lowest BCUT2D eigenvalue weighted by atomic mass is 9.76. The second kappa shape index (κ2) is 3.84. The van der Waals surface area contributed by atoms with Gasteiger partial charge < -0.3 is 10.4 Å². The van der Waals surface area contributed by atoms with Crippen LogP contribution in [-0.2, 0) is 0 Å². The zero-order valence-corrected chi connectivity index (χ0v) is 10.7. The van der Waals surface area contributed by atoms with Crippen molar-refractivity contribution in [2.75, 3.05) is 5.32 Å². The van der Waals surface area contributed by atoms with Gasteiger partial charge in [0, 0.05) is 17.2 Å². The second-order valence-corrected chi connectivity index (χ2v) is 5.46. The van der Waals surface area contributed by atoms with E-state index in [9.17, 15) is 9.90 Å². The maximum atomic E-state index is 11.1. The van der Waals surface area contributed by atoms with Crippen molar-refractivity contribution < 1.29 is 9.90 Å². The molecule has 1 aliphatic heterocycles. The Hall–Kier alpha value is -1.35. The van der Waals surface area contributed by atoms with Crippen molar-refractivity contribution >= 4 is 12.0 Å². The van der Waals surface area contributed by atoms with E-state index in [1.54, 1.807) is 0 Å². The average Bonchev–Trinajstić information content (AvgIpc) is 2.28. The van der Waals surface area contributed by atoms with Crippen LogP contribution in [0.4, 0.5) is 5.69 Å². The van der Waals surface area contributed by atoms with Crippen molar-refractivity contribution in [3.63, 3.8) is 0 Å². The molecule has 3 heteroatoms. The molecule has 0 fully saturated rings. The van der Waals surface area contributed by atoms with E-state index in [0.717, 1.165) is 23.1 Å². The zero-order valence-electron chi connectivity index (χ0n) is 10.7. The van der Waals surface area contributed by atoms with Crippen molar-refractivity contribution in [3.8, 4) is 0 Å². The fourth-order valence-electron chi connectivity index (χ4n) is 2.68. The molecule has 0 spiro atoms. The minimum Gasteiger partial charge on any atom is -0.390 e. The van der Waals surface area contributed by atoms with Crippen LogP contribution in [0.15, 0.2) is 12.1 Å². The standard InChI is InChI=1S/C14H19NO2/c1-8-5-6-10(7-16)11-9(2)13(17)14(3,4)15-12(8)11/h5-7,9,13,15,17H,1-4H3. The number of aldehydes is 1. The van der Waals surface area contributed by atoms with Crippen molar-refractivity contribution in [2.24, 2.45) is 0 Å². The van der Waals surface area contributed by atoms with Gasteiger partial charge in [0.15, 0.2) is 0 Å². The highest BCUT2D eigenvalue weighted by molar-refractivity contribution is 5.83. The monoisotopic (exact) mass is 233 g/mol. The summed E-state index contributed by atoms with van der Waals surface area (Å²) in [4.78, 5) is 11.1. The summed E-state index contributed by atoms with van der Waals surface area (Å²) in [6.07, 6.45) is 0.358. The summed E-state index contributed by atoms with van der Waals surface area (Å²) >= 11 is 0. The van der Waals surface area contributed by atoms with Crippen LogP contribution in [0.25, 0.3) is 0 Å². The van der Waals surface area contributed by atoms with Crippen LogP contribution < -0.4 is 5.32 Å². The van der Waals surface area contributed by atoms with Crippen LogP contribution in [0.5, 0.6) is 0 Å². The lowest BCUT2D eigenvalue weighted by molar-refractivity contribution is 0.0862. The van der Waals surface area contributed by atoms with Gasteiger partial charge in [-0.25, -0.2) is 0 Å². The first-order valence-corrected chi connectivity index (χ1v) is 5.93. The summed E-state index contributed by atoms with van der Waals surface area (Å²) < 4.78 is 0. The number of anilines is 1. The molecule has 2 rings (SSSR count). The largest absolute Gasteiger partial charge is 0.390 e. The van der Waals surface area contributed by atoms with Gasteiger partial charge >= 0.3 is 0 Å². The third kappa shape index (κ3) is 1.75. The van der Waals surface area contributed by atoms with Gasteiger partial charge in [-0.05, 0) is 31.9 Å². The molecule has 0 aliphatic carbocycles. The molecule has 0 aromatic heterocycles. The van der Waals surface area contributed by atoms with Crippen molar-refractivity contribution in [1.29, 1.82) is 0 Å². The zero-order chi connectivity index (χ0) is 12.8. The summed E-state index contributed by atoms with van der Waals surface area (Å²) in [7, 11) is 0. The Morgan fingerprint density at radius 2 is 2.06 bits per heavy atom. The SMILES string of the molecule is Cc1ccc(C=O)c2c1NC(C)(C)C(O)C2C. The summed E-state index contributed by atoms with van der Waals surface area (Å²) in [6.45, 7) is 7.94. The topological polar surface area (TPSA) is 49.3 Å². The second-order valence-electron chi connectivity index (χ2n) is 5.46. The molecule has 0 amide bonds. The maximum absolute atomic E-state index is 11.1. The number of hydrogen-bond donors (Lipinski definition) is 2. The molecule has 92 valence electrons. The molecule has 1 aromatic carbocycles. The number of hydrogen-bond acceptors (Lipinski definition) is 3. The molecule has 2 atom stereocenters. The van der Waals surface area contributed by atoms with Gasteiger partial charge in [-0.15, -0.1) is 0 Å². The van der Waals surface area contributed by atoms with Gasteiger partial charge in [-0.2, -0.15) is 0 Å². The van der Waals surface area contributed by atoms with Crippen LogP contribution in [0.2, 0.25) is 0 Å². The van der Waals surface area contributed by atoms with Crippen molar-refractivity contribution in [1.82, 2.24) is 0 Å². The highest BCUT2D eigenvalue weighted by Crippen LogP contribution is 2.41. The minimum absolute atomic E-state index is 0.0404. The van der Waals surface area contributed by atoms with Crippen LogP contribution in [0, 0.1) is 6.92 Å². The predicted octanol–water partition coefficient (Wildman–Crippen LogP) is 2.48. The first-order valence-electron chi connectivity index (χ1n) is 5.93. The van der Waals surface area contributed by atoms with Gasteiger partial charge in [0.05, 0.1) is 11.6 Å². The number of carbonyl (C=O) groups is 1. The van der Waals surface area contributed by atoms with Crippen molar-refractivity contribution in [3.05, 3.63) is 28.8 Å². The summed E-state index contributed by atoms with van der Waals surface area (Å²) in [5, 5.41) is 13.6. The van der Waals surface area contributed by atoms with Gasteiger partial charge in [0.1, 0.15) is 6.29 Å². The fraction of sp³-hybridized carbons (Fsp3) is 0.500. The molecular weight excluding hydrogens is 214 g/mol. The molecule has 0 saturated heterocycles. The average molecular weight is 233 g/mol. The molecule has 2 unspecified atom stereocenters. The molecule has 1 aromatic rings. The fourth-order valence-corrected chi connectivity index (χ4v) is 2.68. The smallest absolute Gasteiger partial charge is 0.150 e. The molecule has 2 N–H and O–H groups in total. The van der Waals surface area contributed by atoms with E-state index in [0.29, 0.717) is 5.56 Å². The Balaban J connectivity index is 2.67. The Bertz CT molecular complexity index is 466. The minimum atomic E-state index is -0.504. The van der Waals surface area contributed by atoms with Gasteiger partial charge in [0.2, 0.25) is 0 Å². The molecule has 3 nitrogen and oxygen atoms in total. The first kappa shape index (κ1) is 12.1. The number of aliphatic hydroxyl groups excluding tert-OH is 1. The van der Waals surface area contributed by atoms with Gasteiger partial charge in [-0.1, -0.05) is 19.1 Å².